The Hall–Kier alpha value is -3.98. The van der Waals surface area contributed by atoms with Crippen LogP contribution in [0.25, 0.3) is 6.08 Å². The van der Waals surface area contributed by atoms with Gasteiger partial charge in [-0.25, -0.2) is 9.79 Å². The predicted molar refractivity (Wildman–Crippen MR) is 180 cm³/mol. The third kappa shape index (κ3) is 6.83. The topological polar surface area (TPSA) is 103 Å². The van der Waals surface area contributed by atoms with Crippen LogP contribution in [0.1, 0.15) is 55.0 Å². The van der Waals surface area contributed by atoms with Crippen molar-refractivity contribution < 1.29 is 19.0 Å². The molecule has 0 saturated carbocycles. The molecular formula is C34H29Br2N3O5S. The van der Waals surface area contributed by atoms with E-state index < -0.39 is 12.0 Å². The van der Waals surface area contributed by atoms with Crippen molar-refractivity contribution in [3.63, 3.8) is 0 Å². The molecule has 1 atom stereocenters. The number of carbonyl (C=O) groups excluding carboxylic acids is 1. The van der Waals surface area contributed by atoms with Crippen molar-refractivity contribution in [3.05, 3.63) is 123 Å². The van der Waals surface area contributed by atoms with Crippen LogP contribution in [0.3, 0.4) is 0 Å². The second-order valence-electron chi connectivity index (χ2n) is 10.1. The molecule has 230 valence electrons. The van der Waals surface area contributed by atoms with Crippen LogP contribution in [0, 0.1) is 11.3 Å². The Bertz CT molecular complexity index is 2030. The van der Waals surface area contributed by atoms with Crippen molar-refractivity contribution in [3.8, 4) is 17.6 Å². The highest BCUT2D eigenvalue weighted by Gasteiger charge is 2.34. The van der Waals surface area contributed by atoms with Gasteiger partial charge in [-0.1, -0.05) is 55.0 Å². The first kappa shape index (κ1) is 32.4. The van der Waals surface area contributed by atoms with Gasteiger partial charge in [-0.3, -0.25) is 9.36 Å². The number of fused-ring (bicyclic) bond motifs is 1. The van der Waals surface area contributed by atoms with Crippen molar-refractivity contribution in [1.82, 2.24) is 4.57 Å². The van der Waals surface area contributed by atoms with Gasteiger partial charge < -0.3 is 14.2 Å². The van der Waals surface area contributed by atoms with Gasteiger partial charge in [0.05, 0.1) is 56.1 Å². The lowest BCUT2D eigenvalue weighted by atomic mass is 9.94. The molecule has 0 saturated heterocycles. The zero-order chi connectivity index (χ0) is 32.1. The summed E-state index contributed by atoms with van der Waals surface area (Å²) >= 11 is 8.42. The lowest BCUT2D eigenvalue weighted by molar-refractivity contribution is -0.139. The van der Waals surface area contributed by atoms with Crippen LogP contribution in [-0.2, 0) is 16.1 Å². The molecule has 0 amide bonds. The van der Waals surface area contributed by atoms with E-state index in [1.165, 1.54) is 11.3 Å². The van der Waals surface area contributed by atoms with Gasteiger partial charge in [0, 0.05) is 5.56 Å². The fraction of sp³-hybridized carbons (Fsp3) is 0.235. The maximum Gasteiger partial charge on any atom is 0.338 e. The van der Waals surface area contributed by atoms with Gasteiger partial charge in [-0.2, -0.15) is 5.26 Å². The summed E-state index contributed by atoms with van der Waals surface area (Å²) in [5.74, 6) is 0.747. The highest BCUT2D eigenvalue weighted by Crippen LogP contribution is 2.36. The smallest absolute Gasteiger partial charge is 0.338 e. The number of nitriles is 1. The van der Waals surface area contributed by atoms with Crippen molar-refractivity contribution in [2.75, 3.05) is 13.7 Å². The van der Waals surface area contributed by atoms with Crippen molar-refractivity contribution in [1.29, 1.82) is 5.26 Å². The van der Waals surface area contributed by atoms with Crippen LogP contribution < -0.4 is 24.4 Å². The van der Waals surface area contributed by atoms with Crippen molar-refractivity contribution >= 4 is 55.2 Å². The molecule has 0 aliphatic carbocycles. The number of benzene rings is 3. The summed E-state index contributed by atoms with van der Waals surface area (Å²) < 4.78 is 20.3. The second kappa shape index (κ2) is 14.4. The molecule has 8 nitrogen and oxygen atoms in total. The Labute approximate surface area is 281 Å². The number of ether oxygens (including phenoxy) is 3. The SMILES string of the molecule is CCCC1=C(C(=O)OCC)[C@H](c2ccc(OC)c(Br)c2)n2c(s/c(=C/c3ccc(OCc4ccccc4C#N)c(Br)c3)c2=O)=N1. The third-order valence-electron chi connectivity index (χ3n) is 7.16. The predicted octanol–water partition coefficient (Wildman–Crippen LogP) is 6.56. The molecule has 0 spiro atoms. The number of rotatable bonds is 10. The molecule has 45 heavy (non-hydrogen) atoms. The van der Waals surface area contributed by atoms with Crippen molar-refractivity contribution in [2.24, 2.45) is 4.99 Å². The van der Waals surface area contributed by atoms with Crippen LogP contribution in [0.4, 0.5) is 0 Å². The Morgan fingerprint density at radius 1 is 1.09 bits per heavy atom. The third-order valence-corrected chi connectivity index (χ3v) is 9.38. The summed E-state index contributed by atoms with van der Waals surface area (Å²) in [5.41, 5.74) is 3.56. The minimum Gasteiger partial charge on any atom is -0.496 e. The quantitative estimate of drug-likeness (QED) is 0.170. The van der Waals surface area contributed by atoms with Gasteiger partial charge in [0.1, 0.15) is 18.1 Å². The number of thiazole rings is 1. The van der Waals surface area contributed by atoms with Crippen LogP contribution in [0.5, 0.6) is 11.5 Å². The lowest BCUT2D eigenvalue weighted by Crippen LogP contribution is -2.40. The number of aromatic nitrogens is 1. The van der Waals surface area contributed by atoms with E-state index in [2.05, 4.69) is 37.9 Å². The second-order valence-corrected chi connectivity index (χ2v) is 12.8. The van der Waals surface area contributed by atoms with E-state index in [1.807, 2.05) is 55.5 Å². The van der Waals surface area contributed by atoms with E-state index in [-0.39, 0.29) is 18.8 Å². The molecule has 2 heterocycles. The van der Waals surface area contributed by atoms with Gasteiger partial charge in [-0.15, -0.1) is 0 Å². The summed E-state index contributed by atoms with van der Waals surface area (Å²) in [6.45, 7) is 4.22. The number of allylic oxidation sites excluding steroid dienone is 1. The van der Waals surface area contributed by atoms with E-state index in [4.69, 9.17) is 19.2 Å². The average molecular weight is 751 g/mol. The van der Waals surface area contributed by atoms with Crippen molar-refractivity contribution in [2.45, 2.75) is 39.3 Å². The minimum atomic E-state index is -0.731. The number of carbonyl (C=O) groups is 1. The first-order chi connectivity index (χ1) is 21.8. The molecule has 0 fully saturated rings. The maximum absolute atomic E-state index is 14.1. The van der Waals surface area contributed by atoms with E-state index in [9.17, 15) is 14.9 Å². The Kier molecular flexibility index (Phi) is 10.4. The van der Waals surface area contributed by atoms with Gasteiger partial charge in [-0.05, 0) is 92.7 Å². The molecule has 0 bridgehead atoms. The monoisotopic (exact) mass is 749 g/mol. The summed E-state index contributed by atoms with van der Waals surface area (Å²) in [7, 11) is 1.58. The van der Waals surface area contributed by atoms with Crippen LogP contribution in [-0.4, -0.2) is 24.3 Å². The Balaban J connectivity index is 1.57. The van der Waals surface area contributed by atoms with Gasteiger partial charge in [0.25, 0.3) is 5.56 Å². The molecule has 4 aromatic rings. The Morgan fingerprint density at radius 3 is 2.53 bits per heavy atom. The van der Waals surface area contributed by atoms with E-state index in [1.54, 1.807) is 36.8 Å². The highest BCUT2D eigenvalue weighted by atomic mass is 79.9. The average Bonchev–Trinajstić information content (AvgIpc) is 3.34. The van der Waals surface area contributed by atoms with E-state index in [0.29, 0.717) is 53.0 Å². The summed E-state index contributed by atoms with van der Waals surface area (Å²) in [6, 6.07) is 19.8. The number of nitrogens with zero attached hydrogens (tertiary/aromatic N) is 3. The van der Waals surface area contributed by atoms with E-state index >= 15 is 0 Å². The molecule has 11 heteroatoms. The van der Waals surface area contributed by atoms with Crippen LogP contribution in [0.15, 0.2) is 90.7 Å². The fourth-order valence-electron chi connectivity index (χ4n) is 5.08. The van der Waals surface area contributed by atoms with E-state index in [0.717, 1.165) is 23.1 Å². The number of methoxy groups -OCH3 is 1. The summed E-state index contributed by atoms with van der Waals surface area (Å²) in [4.78, 5) is 32.8. The van der Waals surface area contributed by atoms with Crippen LogP contribution >= 0.6 is 43.2 Å². The number of hydrogen-bond acceptors (Lipinski definition) is 8. The largest absolute Gasteiger partial charge is 0.496 e. The van der Waals surface area contributed by atoms with Gasteiger partial charge in [0.2, 0.25) is 0 Å². The number of esters is 1. The lowest BCUT2D eigenvalue weighted by Gasteiger charge is -2.26. The minimum absolute atomic E-state index is 0.199. The molecule has 0 radical (unpaired) electrons. The van der Waals surface area contributed by atoms with Crippen LogP contribution in [0.2, 0.25) is 0 Å². The zero-order valence-electron chi connectivity index (χ0n) is 24.8. The summed E-state index contributed by atoms with van der Waals surface area (Å²) in [6.07, 6.45) is 3.12. The molecule has 1 aromatic heterocycles. The molecule has 1 aliphatic rings. The number of hydrogen-bond donors (Lipinski definition) is 0. The first-order valence-corrected chi connectivity index (χ1v) is 16.7. The normalized spacial score (nSPS) is 14.4. The molecule has 1 aliphatic heterocycles. The maximum atomic E-state index is 14.1. The summed E-state index contributed by atoms with van der Waals surface area (Å²) in [5, 5.41) is 9.37. The fourth-order valence-corrected chi connectivity index (χ4v) is 7.16. The Morgan fingerprint density at radius 2 is 1.84 bits per heavy atom. The molecule has 5 rings (SSSR count). The molecule has 3 aromatic carbocycles. The number of halogens is 2. The standard InChI is InChI=1S/C34H29Br2N3O5S/c1-4-8-26-30(33(41)43-5-2)31(21-12-14-27(42-3)25(36)17-21)39-32(40)29(45-34(39)38-26)16-20-11-13-28(24(35)15-20)44-19-23-10-7-6-9-22(23)18-37/h6-7,9-17,31H,4-5,8,19H2,1-3H3/b29-16+/t31-/m0/s1. The molecule has 0 N–H and O–H groups in total. The molecular weight excluding hydrogens is 722 g/mol. The van der Waals surface area contributed by atoms with Gasteiger partial charge >= 0.3 is 5.97 Å². The highest BCUT2D eigenvalue weighted by molar-refractivity contribution is 9.10. The zero-order valence-corrected chi connectivity index (χ0v) is 28.8. The first-order valence-electron chi connectivity index (χ1n) is 14.2. The van der Waals surface area contributed by atoms with Gasteiger partial charge in [0.15, 0.2) is 4.80 Å². The molecule has 0 unspecified atom stereocenters.